The normalized spacial score (nSPS) is 17.4. The van der Waals surface area contributed by atoms with Gasteiger partial charge in [0.05, 0.1) is 19.8 Å². The molecule has 0 spiro atoms. The standard InChI is InChI=1S/C18H35NO3/c1-3-5-6-7-8-9-10-11-12-17(18(20)22-4-2)19-13-15-21-16-14-19/h17H,3-16H2,1-2H3. The Bertz CT molecular complexity index is 278. The molecule has 1 atom stereocenters. The van der Waals surface area contributed by atoms with E-state index in [9.17, 15) is 4.79 Å². The van der Waals surface area contributed by atoms with Gasteiger partial charge >= 0.3 is 5.97 Å². The number of unbranched alkanes of at least 4 members (excludes halogenated alkanes) is 7. The Hall–Kier alpha value is -0.610. The third-order valence-electron chi connectivity index (χ3n) is 4.38. The number of hydrogen-bond donors (Lipinski definition) is 0. The van der Waals surface area contributed by atoms with Crippen LogP contribution in [0.1, 0.15) is 71.6 Å². The van der Waals surface area contributed by atoms with Crippen molar-refractivity contribution in [2.75, 3.05) is 32.9 Å². The Morgan fingerprint density at radius 1 is 1.00 bits per heavy atom. The minimum absolute atomic E-state index is 0.0488. The summed E-state index contributed by atoms with van der Waals surface area (Å²) >= 11 is 0. The maximum absolute atomic E-state index is 12.2. The van der Waals surface area contributed by atoms with E-state index in [0.717, 1.165) is 39.1 Å². The Morgan fingerprint density at radius 3 is 2.18 bits per heavy atom. The van der Waals surface area contributed by atoms with E-state index in [1.54, 1.807) is 0 Å². The fourth-order valence-electron chi connectivity index (χ4n) is 3.05. The summed E-state index contributed by atoms with van der Waals surface area (Å²) in [5, 5.41) is 0. The van der Waals surface area contributed by atoms with Crippen LogP contribution in [0.15, 0.2) is 0 Å². The van der Waals surface area contributed by atoms with Crippen molar-refractivity contribution in [1.29, 1.82) is 0 Å². The van der Waals surface area contributed by atoms with Gasteiger partial charge in [-0.15, -0.1) is 0 Å². The summed E-state index contributed by atoms with van der Waals surface area (Å²) in [7, 11) is 0. The molecule has 0 amide bonds. The maximum atomic E-state index is 12.2. The molecule has 1 unspecified atom stereocenters. The van der Waals surface area contributed by atoms with E-state index < -0.39 is 0 Å². The highest BCUT2D eigenvalue weighted by Gasteiger charge is 2.27. The van der Waals surface area contributed by atoms with Gasteiger partial charge in [0.15, 0.2) is 0 Å². The largest absolute Gasteiger partial charge is 0.465 e. The van der Waals surface area contributed by atoms with Gasteiger partial charge in [-0.05, 0) is 13.3 Å². The second-order valence-corrected chi connectivity index (χ2v) is 6.18. The van der Waals surface area contributed by atoms with Crippen molar-refractivity contribution in [2.24, 2.45) is 0 Å². The first-order valence-corrected chi connectivity index (χ1v) is 9.28. The molecule has 0 aliphatic carbocycles. The number of carbonyl (C=O) groups is 1. The average Bonchev–Trinajstić information content (AvgIpc) is 2.54. The van der Waals surface area contributed by atoms with Crippen LogP contribution in [0.5, 0.6) is 0 Å². The van der Waals surface area contributed by atoms with E-state index in [-0.39, 0.29) is 12.0 Å². The van der Waals surface area contributed by atoms with Crippen LogP contribution in [0.25, 0.3) is 0 Å². The van der Waals surface area contributed by atoms with Crippen LogP contribution in [-0.2, 0) is 14.3 Å². The first-order chi connectivity index (χ1) is 10.8. The molecule has 0 saturated carbocycles. The molecule has 1 rings (SSSR count). The minimum Gasteiger partial charge on any atom is -0.465 e. The van der Waals surface area contributed by atoms with E-state index in [4.69, 9.17) is 9.47 Å². The Kier molecular flexibility index (Phi) is 11.4. The number of esters is 1. The zero-order valence-corrected chi connectivity index (χ0v) is 14.6. The van der Waals surface area contributed by atoms with Crippen molar-refractivity contribution in [3.8, 4) is 0 Å². The molecule has 1 saturated heterocycles. The number of hydrogen-bond acceptors (Lipinski definition) is 4. The molecule has 0 aromatic heterocycles. The molecule has 0 aromatic rings. The van der Waals surface area contributed by atoms with Crippen LogP contribution in [-0.4, -0.2) is 49.8 Å². The molecule has 1 aliphatic rings. The fraction of sp³-hybridized carbons (Fsp3) is 0.944. The van der Waals surface area contributed by atoms with Crippen LogP contribution in [0.2, 0.25) is 0 Å². The minimum atomic E-state index is -0.0658. The molecule has 0 aromatic carbocycles. The van der Waals surface area contributed by atoms with Gasteiger partial charge in [0.25, 0.3) is 0 Å². The van der Waals surface area contributed by atoms with E-state index in [1.165, 1.54) is 44.9 Å². The molecule has 1 aliphatic heterocycles. The van der Waals surface area contributed by atoms with E-state index in [0.29, 0.717) is 6.61 Å². The summed E-state index contributed by atoms with van der Waals surface area (Å²) in [6, 6.07) is -0.0658. The summed E-state index contributed by atoms with van der Waals surface area (Å²) in [5.41, 5.74) is 0. The number of nitrogens with zero attached hydrogens (tertiary/aromatic N) is 1. The van der Waals surface area contributed by atoms with Crippen molar-refractivity contribution in [1.82, 2.24) is 4.90 Å². The van der Waals surface area contributed by atoms with Crippen molar-refractivity contribution in [3.05, 3.63) is 0 Å². The topological polar surface area (TPSA) is 38.8 Å². The van der Waals surface area contributed by atoms with Crippen molar-refractivity contribution in [2.45, 2.75) is 77.7 Å². The highest BCUT2D eigenvalue weighted by molar-refractivity contribution is 5.75. The molecule has 4 nitrogen and oxygen atoms in total. The summed E-state index contributed by atoms with van der Waals surface area (Å²) < 4.78 is 10.6. The highest BCUT2D eigenvalue weighted by atomic mass is 16.5. The fourth-order valence-corrected chi connectivity index (χ4v) is 3.05. The zero-order valence-electron chi connectivity index (χ0n) is 14.6. The second kappa shape index (κ2) is 12.9. The van der Waals surface area contributed by atoms with Crippen molar-refractivity contribution < 1.29 is 14.3 Å². The smallest absolute Gasteiger partial charge is 0.323 e. The summed E-state index contributed by atoms with van der Waals surface area (Å²) in [6.07, 6.45) is 11.3. The third kappa shape index (κ3) is 8.14. The first kappa shape index (κ1) is 19.4. The van der Waals surface area contributed by atoms with E-state index >= 15 is 0 Å². The molecule has 0 radical (unpaired) electrons. The average molecular weight is 313 g/mol. The lowest BCUT2D eigenvalue weighted by molar-refractivity contribution is -0.151. The summed E-state index contributed by atoms with van der Waals surface area (Å²) in [4.78, 5) is 14.4. The van der Waals surface area contributed by atoms with Gasteiger partial charge in [0, 0.05) is 13.1 Å². The van der Waals surface area contributed by atoms with Gasteiger partial charge in [0.2, 0.25) is 0 Å². The SMILES string of the molecule is CCCCCCCCCCC(C(=O)OCC)N1CCOCC1. The first-order valence-electron chi connectivity index (χ1n) is 9.28. The maximum Gasteiger partial charge on any atom is 0.323 e. The van der Waals surface area contributed by atoms with Crippen LogP contribution >= 0.6 is 0 Å². The van der Waals surface area contributed by atoms with E-state index in [2.05, 4.69) is 11.8 Å². The molecular formula is C18H35NO3. The van der Waals surface area contributed by atoms with E-state index in [1.807, 2.05) is 6.92 Å². The third-order valence-corrected chi connectivity index (χ3v) is 4.38. The Morgan fingerprint density at radius 2 is 1.59 bits per heavy atom. The molecule has 1 heterocycles. The number of carbonyl (C=O) groups excluding carboxylic acids is 1. The molecule has 4 heteroatoms. The summed E-state index contributed by atoms with van der Waals surface area (Å²) in [5.74, 6) is -0.0488. The van der Waals surface area contributed by atoms with Crippen molar-refractivity contribution >= 4 is 5.97 Å². The van der Waals surface area contributed by atoms with Gasteiger partial charge in [0.1, 0.15) is 6.04 Å². The molecule has 0 bridgehead atoms. The molecular weight excluding hydrogens is 278 g/mol. The predicted molar refractivity (Wildman–Crippen MR) is 90.0 cm³/mol. The van der Waals surface area contributed by atoms with Crippen LogP contribution in [0.3, 0.4) is 0 Å². The quantitative estimate of drug-likeness (QED) is 0.406. The van der Waals surface area contributed by atoms with Gasteiger partial charge in [-0.1, -0.05) is 58.3 Å². The van der Waals surface area contributed by atoms with Gasteiger partial charge in [-0.3, -0.25) is 9.69 Å². The highest BCUT2D eigenvalue weighted by Crippen LogP contribution is 2.15. The van der Waals surface area contributed by atoms with Crippen LogP contribution in [0.4, 0.5) is 0 Å². The Balaban J connectivity index is 2.21. The molecule has 1 fully saturated rings. The lowest BCUT2D eigenvalue weighted by atomic mass is 10.0. The van der Waals surface area contributed by atoms with Crippen molar-refractivity contribution in [3.63, 3.8) is 0 Å². The number of morpholine rings is 1. The van der Waals surface area contributed by atoms with Gasteiger partial charge in [-0.2, -0.15) is 0 Å². The molecule has 130 valence electrons. The lowest BCUT2D eigenvalue weighted by Gasteiger charge is -2.33. The van der Waals surface area contributed by atoms with Gasteiger partial charge < -0.3 is 9.47 Å². The number of rotatable bonds is 12. The van der Waals surface area contributed by atoms with Crippen LogP contribution in [0, 0.1) is 0 Å². The Labute approximate surface area is 136 Å². The lowest BCUT2D eigenvalue weighted by Crippen LogP contribution is -2.48. The predicted octanol–water partition coefficient (Wildman–Crippen LogP) is 3.78. The van der Waals surface area contributed by atoms with Crippen LogP contribution < -0.4 is 0 Å². The number of ether oxygens (including phenoxy) is 2. The monoisotopic (exact) mass is 313 g/mol. The molecule has 22 heavy (non-hydrogen) atoms. The summed E-state index contributed by atoms with van der Waals surface area (Å²) in [6.45, 7) is 7.75. The zero-order chi connectivity index (χ0) is 16.0. The van der Waals surface area contributed by atoms with Gasteiger partial charge in [-0.25, -0.2) is 0 Å². The molecule has 0 N–H and O–H groups in total. The second-order valence-electron chi connectivity index (χ2n) is 6.18.